The standard InChI is InChI=1S/C21H24F3N3O5/c1-11(32-21(31)13-6-8-27(9-7-13)20(30)12-2-3-12)19(29)25-10-16(28)26-15-5-4-14(22)17(23)18(15)24/h4-5,11-13H,2-3,6-10H2,1H3,(H,25,29)(H,26,28). The Bertz CT molecular complexity index is 914. The SMILES string of the molecule is CC(OC(=O)C1CCN(C(=O)C2CC2)CC1)C(=O)NCC(=O)Nc1ccc(F)c(F)c1F. The van der Waals surface area contributed by atoms with Gasteiger partial charge in [-0.1, -0.05) is 0 Å². The number of carbonyl (C=O) groups is 4. The van der Waals surface area contributed by atoms with Crippen molar-refractivity contribution >= 4 is 29.4 Å². The Hall–Kier alpha value is -3.11. The summed E-state index contributed by atoms with van der Waals surface area (Å²) in [5.41, 5.74) is -0.575. The largest absolute Gasteiger partial charge is 0.452 e. The van der Waals surface area contributed by atoms with Gasteiger partial charge in [0.25, 0.3) is 5.91 Å². The van der Waals surface area contributed by atoms with Crippen LogP contribution in [0.25, 0.3) is 0 Å². The first-order valence-electron chi connectivity index (χ1n) is 10.4. The molecule has 1 aromatic carbocycles. The summed E-state index contributed by atoms with van der Waals surface area (Å²) in [6.45, 7) is 1.68. The van der Waals surface area contributed by atoms with Crippen molar-refractivity contribution in [1.29, 1.82) is 0 Å². The van der Waals surface area contributed by atoms with Crippen molar-refractivity contribution in [3.8, 4) is 0 Å². The van der Waals surface area contributed by atoms with Gasteiger partial charge in [0.15, 0.2) is 23.6 Å². The third kappa shape index (κ3) is 5.77. The van der Waals surface area contributed by atoms with Gasteiger partial charge in [-0.2, -0.15) is 0 Å². The quantitative estimate of drug-likeness (QED) is 0.482. The first kappa shape index (κ1) is 23.6. The van der Waals surface area contributed by atoms with Crippen LogP contribution in [-0.4, -0.2) is 54.3 Å². The number of hydrogen-bond donors (Lipinski definition) is 2. The van der Waals surface area contributed by atoms with Crippen LogP contribution in [0.2, 0.25) is 0 Å². The summed E-state index contributed by atoms with van der Waals surface area (Å²) in [5.74, 6) is -7.04. The molecule has 0 spiro atoms. The third-order valence-electron chi connectivity index (χ3n) is 5.46. The summed E-state index contributed by atoms with van der Waals surface area (Å²) < 4.78 is 44.9. The van der Waals surface area contributed by atoms with E-state index in [1.165, 1.54) is 6.92 Å². The van der Waals surface area contributed by atoms with E-state index in [1.807, 2.05) is 5.32 Å². The minimum absolute atomic E-state index is 0.123. The second-order valence-electron chi connectivity index (χ2n) is 7.94. The van der Waals surface area contributed by atoms with Crippen LogP contribution in [-0.2, 0) is 23.9 Å². The van der Waals surface area contributed by atoms with E-state index in [-0.39, 0.29) is 11.8 Å². The molecule has 0 bridgehead atoms. The number of amides is 3. The molecule has 32 heavy (non-hydrogen) atoms. The number of nitrogens with zero attached hydrogens (tertiary/aromatic N) is 1. The van der Waals surface area contributed by atoms with Crippen LogP contribution < -0.4 is 10.6 Å². The second kappa shape index (κ2) is 10.0. The summed E-state index contributed by atoms with van der Waals surface area (Å²) in [5, 5.41) is 4.24. The average molecular weight is 455 g/mol. The highest BCUT2D eigenvalue weighted by Crippen LogP contribution is 2.32. The first-order valence-corrected chi connectivity index (χ1v) is 10.4. The zero-order valence-corrected chi connectivity index (χ0v) is 17.5. The van der Waals surface area contributed by atoms with Crippen LogP contribution in [0.3, 0.4) is 0 Å². The molecule has 3 amide bonds. The van der Waals surface area contributed by atoms with Crippen LogP contribution in [0.15, 0.2) is 12.1 Å². The van der Waals surface area contributed by atoms with Crippen molar-refractivity contribution in [2.24, 2.45) is 11.8 Å². The lowest BCUT2D eigenvalue weighted by molar-refractivity contribution is -0.160. The van der Waals surface area contributed by atoms with Crippen molar-refractivity contribution in [3.63, 3.8) is 0 Å². The molecule has 1 aromatic rings. The molecular formula is C21H24F3N3O5. The lowest BCUT2D eigenvalue weighted by atomic mass is 9.96. The fraction of sp³-hybridized carbons (Fsp3) is 0.524. The molecule has 11 heteroatoms. The van der Waals surface area contributed by atoms with Crippen LogP contribution >= 0.6 is 0 Å². The zero-order chi connectivity index (χ0) is 23.4. The maximum absolute atomic E-state index is 13.6. The number of piperidine rings is 1. The molecule has 1 saturated carbocycles. The summed E-state index contributed by atoms with van der Waals surface area (Å²) in [7, 11) is 0. The summed E-state index contributed by atoms with van der Waals surface area (Å²) in [6, 6.07) is 1.50. The molecule has 0 aromatic heterocycles. The van der Waals surface area contributed by atoms with Gasteiger partial charge in [-0.3, -0.25) is 19.2 Å². The van der Waals surface area contributed by atoms with Crippen LogP contribution in [0.4, 0.5) is 18.9 Å². The highest BCUT2D eigenvalue weighted by molar-refractivity contribution is 5.95. The molecule has 1 aliphatic carbocycles. The normalized spacial score (nSPS) is 17.4. The molecule has 1 atom stereocenters. The summed E-state index contributed by atoms with van der Waals surface area (Å²) >= 11 is 0. The summed E-state index contributed by atoms with van der Waals surface area (Å²) in [6.07, 6.45) is 1.56. The van der Waals surface area contributed by atoms with Crippen molar-refractivity contribution in [1.82, 2.24) is 10.2 Å². The van der Waals surface area contributed by atoms with Gasteiger partial charge in [-0.25, -0.2) is 13.2 Å². The van der Waals surface area contributed by atoms with Gasteiger partial charge in [0.2, 0.25) is 11.8 Å². The number of halogens is 3. The minimum atomic E-state index is -1.73. The number of carbonyl (C=O) groups excluding carboxylic acids is 4. The fourth-order valence-corrected chi connectivity index (χ4v) is 3.38. The molecule has 2 N–H and O–H groups in total. The van der Waals surface area contributed by atoms with Gasteiger partial charge >= 0.3 is 5.97 Å². The van der Waals surface area contributed by atoms with Gasteiger partial charge in [0, 0.05) is 19.0 Å². The predicted molar refractivity (Wildman–Crippen MR) is 106 cm³/mol. The van der Waals surface area contributed by atoms with Crippen LogP contribution in [0.1, 0.15) is 32.6 Å². The van der Waals surface area contributed by atoms with E-state index in [2.05, 4.69) is 5.32 Å². The van der Waals surface area contributed by atoms with E-state index >= 15 is 0 Å². The molecular weight excluding hydrogens is 431 g/mol. The monoisotopic (exact) mass is 455 g/mol. The molecule has 1 saturated heterocycles. The number of hydrogen-bond acceptors (Lipinski definition) is 5. The van der Waals surface area contributed by atoms with Crippen molar-refractivity contribution in [2.75, 3.05) is 25.0 Å². The lowest BCUT2D eigenvalue weighted by Gasteiger charge is -2.31. The highest BCUT2D eigenvalue weighted by Gasteiger charge is 2.36. The fourth-order valence-electron chi connectivity index (χ4n) is 3.38. The van der Waals surface area contributed by atoms with E-state index in [4.69, 9.17) is 4.74 Å². The Balaban J connectivity index is 1.39. The summed E-state index contributed by atoms with van der Waals surface area (Å²) in [4.78, 5) is 50.1. The Morgan fingerprint density at radius 2 is 1.69 bits per heavy atom. The van der Waals surface area contributed by atoms with E-state index in [0.717, 1.165) is 18.9 Å². The predicted octanol–water partition coefficient (Wildman–Crippen LogP) is 1.74. The number of esters is 1. The molecule has 2 aliphatic rings. The molecule has 1 aliphatic heterocycles. The minimum Gasteiger partial charge on any atom is -0.452 e. The number of likely N-dealkylation sites (tertiary alicyclic amines) is 1. The molecule has 1 unspecified atom stereocenters. The topological polar surface area (TPSA) is 105 Å². The smallest absolute Gasteiger partial charge is 0.309 e. The number of benzene rings is 1. The Labute approximate surface area is 182 Å². The molecule has 174 valence electrons. The van der Waals surface area contributed by atoms with Crippen molar-refractivity contribution in [2.45, 2.75) is 38.7 Å². The second-order valence-corrected chi connectivity index (χ2v) is 7.94. The third-order valence-corrected chi connectivity index (χ3v) is 5.46. The van der Waals surface area contributed by atoms with Crippen LogP contribution in [0, 0.1) is 29.3 Å². The number of ether oxygens (including phenoxy) is 1. The molecule has 1 heterocycles. The van der Waals surface area contributed by atoms with Gasteiger partial charge in [-0.15, -0.1) is 0 Å². The molecule has 0 radical (unpaired) electrons. The Morgan fingerprint density at radius 1 is 1.03 bits per heavy atom. The molecule has 8 nitrogen and oxygen atoms in total. The first-order chi connectivity index (χ1) is 15.2. The number of nitrogens with one attached hydrogen (secondary N) is 2. The van der Waals surface area contributed by atoms with Crippen molar-refractivity contribution in [3.05, 3.63) is 29.6 Å². The van der Waals surface area contributed by atoms with Gasteiger partial charge < -0.3 is 20.3 Å². The Kier molecular flexibility index (Phi) is 7.37. The van der Waals surface area contributed by atoms with Gasteiger partial charge in [0.1, 0.15) is 0 Å². The molecule has 2 fully saturated rings. The van der Waals surface area contributed by atoms with E-state index in [0.29, 0.717) is 32.0 Å². The maximum atomic E-state index is 13.6. The maximum Gasteiger partial charge on any atom is 0.309 e. The molecule has 3 rings (SSSR count). The van der Waals surface area contributed by atoms with Gasteiger partial charge in [-0.05, 0) is 44.7 Å². The number of anilines is 1. The lowest BCUT2D eigenvalue weighted by Crippen LogP contribution is -2.43. The Morgan fingerprint density at radius 3 is 2.31 bits per heavy atom. The van der Waals surface area contributed by atoms with E-state index in [1.54, 1.807) is 4.90 Å². The number of rotatable bonds is 7. The van der Waals surface area contributed by atoms with Gasteiger partial charge in [0.05, 0.1) is 18.2 Å². The van der Waals surface area contributed by atoms with E-state index < -0.39 is 59.5 Å². The van der Waals surface area contributed by atoms with Crippen LogP contribution in [0.5, 0.6) is 0 Å². The van der Waals surface area contributed by atoms with Crippen molar-refractivity contribution < 1.29 is 37.1 Å². The average Bonchev–Trinajstić information content (AvgIpc) is 3.63. The highest BCUT2D eigenvalue weighted by atomic mass is 19.2. The van der Waals surface area contributed by atoms with E-state index in [9.17, 15) is 32.3 Å². The zero-order valence-electron chi connectivity index (χ0n) is 17.5.